The molecule has 3 nitrogen and oxygen atoms in total. The van der Waals surface area contributed by atoms with E-state index in [4.69, 9.17) is 5.73 Å². The van der Waals surface area contributed by atoms with Crippen LogP contribution in [0, 0.1) is 0 Å². The predicted molar refractivity (Wildman–Crippen MR) is 182 cm³/mol. The van der Waals surface area contributed by atoms with Crippen LogP contribution in [0.1, 0.15) is 48.9 Å². The van der Waals surface area contributed by atoms with E-state index in [-0.39, 0.29) is 0 Å². The summed E-state index contributed by atoms with van der Waals surface area (Å²) in [6.07, 6.45) is 15.9. The van der Waals surface area contributed by atoms with Gasteiger partial charge < -0.3 is 16.0 Å². The van der Waals surface area contributed by atoms with E-state index in [1.165, 1.54) is 5.57 Å². The molecule has 0 saturated heterocycles. The van der Waals surface area contributed by atoms with Crippen molar-refractivity contribution in [1.82, 2.24) is 10.2 Å². The summed E-state index contributed by atoms with van der Waals surface area (Å²) in [5, 5.41) is 3.66. The molecular formula is C39H41N3. The molecule has 0 aromatic heterocycles. The Kier molecular flexibility index (Phi) is 10.4. The molecule has 0 aliphatic heterocycles. The van der Waals surface area contributed by atoms with Crippen molar-refractivity contribution in [2.24, 2.45) is 5.73 Å². The normalized spacial score (nSPS) is 13.9. The van der Waals surface area contributed by atoms with Crippen LogP contribution in [0.5, 0.6) is 0 Å². The average molecular weight is 552 g/mol. The third-order valence-electron chi connectivity index (χ3n) is 7.11. The van der Waals surface area contributed by atoms with Gasteiger partial charge in [-0.3, -0.25) is 0 Å². The highest BCUT2D eigenvalue weighted by Gasteiger charge is 2.28. The highest BCUT2D eigenvalue weighted by Crippen LogP contribution is 2.42. The van der Waals surface area contributed by atoms with Gasteiger partial charge in [-0.05, 0) is 66.2 Å². The highest BCUT2D eigenvalue weighted by atomic mass is 15.2. The van der Waals surface area contributed by atoms with Crippen LogP contribution in [0.25, 0.3) is 22.8 Å². The van der Waals surface area contributed by atoms with Crippen LogP contribution in [0.2, 0.25) is 0 Å². The molecule has 0 spiro atoms. The van der Waals surface area contributed by atoms with Crippen LogP contribution >= 0.6 is 0 Å². The fourth-order valence-electron chi connectivity index (χ4n) is 4.93. The maximum absolute atomic E-state index is 6.40. The Balaban J connectivity index is 1.92. The molecule has 42 heavy (non-hydrogen) atoms. The number of hydrogen-bond donors (Lipinski definition) is 2. The summed E-state index contributed by atoms with van der Waals surface area (Å²) in [5.74, 6) is 0.879. The van der Waals surface area contributed by atoms with Crippen molar-refractivity contribution < 1.29 is 0 Å². The molecule has 212 valence electrons. The van der Waals surface area contributed by atoms with Crippen molar-refractivity contribution >= 4 is 22.8 Å². The number of rotatable bonds is 12. The standard InChI is InChI=1S/C39H41N3/c1-6-8-11-17-29(3)41-39(37(34-20-14-10-15-21-34)30(4)32-18-12-9-13-19-32)42(5)38(35-26-27-35)36(28-40)33-24-22-31(16-7-2)23-25-33/h6-25,28,41H,3-4,26-27,40H2,1-2,5H3/b8-6-,16-7-,17-11-,36-28-,39-37+. The predicted octanol–water partition coefficient (Wildman–Crippen LogP) is 9.32. The van der Waals surface area contributed by atoms with Crippen LogP contribution < -0.4 is 11.1 Å². The van der Waals surface area contributed by atoms with Crippen molar-refractivity contribution in [3.8, 4) is 0 Å². The third-order valence-corrected chi connectivity index (χ3v) is 7.11. The van der Waals surface area contributed by atoms with Crippen molar-refractivity contribution in [3.05, 3.63) is 180 Å². The first kappa shape index (κ1) is 30.0. The zero-order valence-corrected chi connectivity index (χ0v) is 25.0. The van der Waals surface area contributed by atoms with Crippen molar-refractivity contribution in [1.29, 1.82) is 0 Å². The molecule has 0 unspecified atom stereocenters. The van der Waals surface area contributed by atoms with E-state index in [0.29, 0.717) is 0 Å². The number of nitrogens with two attached hydrogens (primary N) is 1. The Morgan fingerprint density at radius 1 is 0.786 bits per heavy atom. The number of likely N-dealkylation sites (N-methyl/N-ethyl adjacent to an activating group) is 1. The quantitative estimate of drug-likeness (QED) is 0.220. The van der Waals surface area contributed by atoms with Gasteiger partial charge in [-0.1, -0.05) is 128 Å². The summed E-state index contributed by atoms with van der Waals surface area (Å²) >= 11 is 0. The van der Waals surface area contributed by atoms with Crippen molar-refractivity contribution in [3.63, 3.8) is 0 Å². The van der Waals surface area contributed by atoms with Gasteiger partial charge in [0.05, 0.1) is 5.70 Å². The zero-order valence-electron chi connectivity index (χ0n) is 25.0. The molecule has 1 aliphatic rings. The lowest BCUT2D eigenvalue weighted by molar-refractivity contribution is 0.506. The number of allylic oxidation sites excluding steroid dienone is 9. The minimum absolute atomic E-state index is 0.762. The van der Waals surface area contributed by atoms with Crippen LogP contribution in [0.3, 0.4) is 0 Å². The number of benzene rings is 3. The summed E-state index contributed by atoms with van der Waals surface area (Å²) in [4.78, 5) is 2.23. The molecule has 3 heteroatoms. The highest BCUT2D eigenvalue weighted by molar-refractivity contribution is 6.05. The average Bonchev–Trinajstić information content (AvgIpc) is 3.86. The van der Waals surface area contributed by atoms with Gasteiger partial charge in [-0.25, -0.2) is 0 Å². The van der Waals surface area contributed by atoms with Crippen LogP contribution in [-0.2, 0) is 0 Å². The summed E-state index contributed by atoms with van der Waals surface area (Å²) in [6, 6.07) is 29.3. The number of hydrogen-bond acceptors (Lipinski definition) is 3. The van der Waals surface area contributed by atoms with Crippen LogP contribution in [-0.4, -0.2) is 11.9 Å². The van der Waals surface area contributed by atoms with Crippen molar-refractivity contribution in [2.45, 2.75) is 26.7 Å². The van der Waals surface area contributed by atoms with E-state index >= 15 is 0 Å². The molecule has 1 saturated carbocycles. The second-order valence-electron chi connectivity index (χ2n) is 10.2. The Bertz CT molecular complexity index is 1570. The van der Waals surface area contributed by atoms with E-state index in [9.17, 15) is 0 Å². The first-order valence-electron chi connectivity index (χ1n) is 14.4. The summed E-state index contributed by atoms with van der Waals surface area (Å²) in [5.41, 5.74) is 16.8. The fraction of sp³-hybridized carbons (Fsp3) is 0.128. The molecule has 3 N–H and O–H groups in total. The monoisotopic (exact) mass is 551 g/mol. The number of nitrogens with zero attached hydrogens (tertiary/aromatic N) is 1. The lowest BCUT2D eigenvalue weighted by Crippen LogP contribution is -2.30. The van der Waals surface area contributed by atoms with Crippen molar-refractivity contribution in [2.75, 3.05) is 7.05 Å². The molecule has 0 bridgehead atoms. The van der Waals surface area contributed by atoms with E-state index in [0.717, 1.165) is 69.0 Å². The first-order chi connectivity index (χ1) is 20.5. The SMILES string of the molecule is C=C(/C=C\C=C/C)N/C(=C(/C(=C)c1ccccc1)c1ccccc1)N(C)C(=C1CC1)/C(=C\N)c1ccc(/C=C\C)cc1. The molecule has 4 rings (SSSR count). The van der Waals surface area contributed by atoms with Gasteiger partial charge >= 0.3 is 0 Å². The molecule has 0 amide bonds. The molecule has 0 radical (unpaired) electrons. The van der Waals surface area contributed by atoms with E-state index in [2.05, 4.69) is 97.2 Å². The van der Waals surface area contributed by atoms with Gasteiger partial charge in [0.1, 0.15) is 5.82 Å². The van der Waals surface area contributed by atoms with E-state index in [1.807, 2.05) is 68.5 Å². The van der Waals surface area contributed by atoms with Gasteiger partial charge in [0.15, 0.2) is 0 Å². The second kappa shape index (κ2) is 14.6. The second-order valence-corrected chi connectivity index (χ2v) is 10.2. The van der Waals surface area contributed by atoms with Gasteiger partial charge in [0, 0.05) is 30.1 Å². The molecule has 0 atom stereocenters. The molecular weight excluding hydrogens is 510 g/mol. The molecule has 3 aromatic carbocycles. The summed E-state index contributed by atoms with van der Waals surface area (Å²) < 4.78 is 0. The smallest absolute Gasteiger partial charge is 0.119 e. The number of nitrogens with one attached hydrogen (secondary N) is 1. The molecule has 3 aromatic rings. The van der Waals surface area contributed by atoms with Gasteiger partial charge in [-0.2, -0.15) is 0 Å². The van der Waals surface area contributed by atoms with E-state index in [1.54, 1.807) is 6.20 Å². The van der Waals surface area contributed by atoms with E-state index < -0.39 is 0 Å². The molecule has 0 heterocycles. The summed E-state index contributed by atoms with van der Waals surface area (Å²) in [7, 11) is 2.10. The van der Waals surface area contributed by atoms with Gasteiger partial charge in [0.2, 0.25) is 0 Å². The lowest BCUT2D eigenvalue weighted by atomic mass is 9.92. The summed E-state index contributed by atoms with van der Waals surface area (Å²) in [6.45, 7) is 13.0. The Morgan fingerprint density at radius 2 is 1.40 bits per heavy atom. The lowest BCUT2D eigenvalue weighted by Gasteiger charge is -2.32. The maximum atomic E-state index is 6.40. The first-order valence-corrected chi connectivity index (χ1v) is 14.4. The third kappa shape index (κ3) is 7.38. The topological polar surface area (TPSA) is 41.3 Å². The molecule has 1 fully saturated rings. The Labute approximate surface area is 251 Å². The van der Waals surface area contributed by atoms with Gasteiger partial charge in [-0.15, -0.1) is 0 Å². The zero-order chi connectivity index (χ0) is 29.9. The maximum Gasteiger partial charge on any atom is 0.119 e. The van der Waals surface area contributed by atoms with Crippen LogP contribution in [0.4, 0.5) is 0 Å². The largest absolute Gasteiger partial charge is 0.404 e. The fourth-order valence-corrected chi connectivity index (χ4v) is 4.93. The Hall–Kier alpha value is -5.02. The van der Waals surface area contributed by atoms with Crippen LogP contribution in [0.15, 0.2) is 157 Å². The molecule has 1 aliphatic carbocycles. The minimum Gasteiger partial charge on any atom is -0.404 e. The minimum atomic E-state index is 0.762. The van der Waals surface area contributed by atoms with Gasteiger partial charge in [0.25, 0.3) is 0 Å². The Morgan fingerprint density at radius 3 is 1.95 bits per heavy atom.